The summed E-state index contributed by atoms with van der Waals surface area (Å²) < 4.78 is 12.6. The average Bonchev–Trinajstić information content (AvgIpc) is 2.75. The van der Waals surface area contributed by atoms with Crippen molar-refractivity contribution >= 4 is 28.6 Å². The lowest BCUT2D eigenvalue weighted by atomic mass is 9.99. The Morgan fingerprint density at radius 1 is 1.00 bits per heavy atom. The van der Waals surface area contributed by atoms with Crippen molar-refractivity contribution in [1.29, 1.82) is 0 Å². The molecule has 0 saturated heterocycles. The number of aliphatic carboxylic acids is 1. The fraction of sp³-hybridized carbons (Fsp3) is 0.280. The molecule has 5 nitrogen and oxygen atoms in total. The Morgan fingerprint density at radius 2 is 1.68 bits per heavy atom. The minimum absolute atomic E-state index is 0.136. The highest BCUT2D eigenvalue weighted by molar-refractivity contribution is 14.1. The highest BCUT2D eigenvalue weighted by atomic mass is 127. The van der Waals surface area contributed by atoms with Crippen LogP contribution in [0.1, 0.15) is 28.7 Å². The van der Waals surface area contributed by atoms with Gasteiger partial charge in [-0.2, -0.15) is 0 Å². The van der Waals surface area contributed by atoms with Gasteiger partial charge >= 0.3 is 5.97 Å². The summed E-state index contributed by atoms with van der Waals surface area (Å²) in [7, 11) is 0. The number of carbonyl (C=O) groups is 1. The van der Waals surface area contributed by atoms with Gasteiger partial charge in [-0.1, -0.05) is 52.9 Å². The van der Waals surface area contributed by atoms with Gasteiger partial charge in [0.25, 0.3) is 0 Å². The van der Waals surface area contributed by atoms with E-state index in [0.29, 0.717) is 25.5 Å². The van der Waals surface area contributed by atoms with Gasteiger partial charge in [0, 0.05) is 22.5 Å². The highest BCUT2D eigenvalue weighted by Gasteiger charge is 2.11. The third-order valence-corrected chi connectivity index (χ3v) is 5.31. The number of hydrogen-bond acceptors (Lipinski definition) is 4. The van der Waals surface area contributed by atoms with Crippen LogP contribution in [-0.2, 0) is 17.8 Å². The number of hydrogen-bond donors (Lipinski definition) is 1. The summed E-state index contributed by atoms with van der Waals surface area (Å²) in [6, 6.07) is 17.7. The molecule has 31 heavy (non-hydrogen) atoms. The maximum absolute atomic E-state index is 10.7. The van der Waals surface area contributed by atoms with E-state index >= 15 is 0 Å². The first kappa shape index (κ1) is 23.1. The molecule has 2 aromatic carbocycles. The van der Waals surface area contributed by atoms with Crippen molar-refractivity contribution in [3.8, 4) is 22.9 Å². The van der Waals surface area contributed by atoms with Crippen LogP contribution in [-0.4, -0.2) is 27.1 Å². The van der Waals surface area contributed by atoms with E-state index < -0.39 is 5.97 Å². The fourth-order valence-electron chi connectivity index (χ4n) is 3.41. The van der Waals surface area contributed by atoms with Crippen molar-refractivity contribution in [1.82, 2.24) is 4.98 Å². The minimum atomic E-state index is -0.786. The van der Waals surface area contributed by atoms with E-state index in [2.05, 4.69) is 48.6 Å². The van der Waals surface area contributed by atoms with Gasteiger partial charge in [0.1, 0.15) is 12.4 Å². The lowest BCUT2D eigenvalue weighted by Gasteiger charge is -2.14. The molecule has 0 atom stereocenters. The summed E-state index contributed by atoms with van der Waals surface area (Å²) in [5.74, 6) is 0.665. The molecule has 0 unspecified atom stereocenters. The number of nitrogens with zero attached hydrogens (tertiary/aromatic N) is 1. The molecule has 1 N–H and O–H groups in total. The molecular formula is C25H26INO4. The molecule has 0 radical (unpaired) electrons. The van der Waals surface area contributed by atoms with Crippen LogP contribution in [0.3, 0.4) is 0 Å². The van der Waals surface area contributed by atoms with E-state index in [1.165, 1.54) is 0 Å². The summed E-state index contributed by atoms with van der Waals surface area (Å²) in [5.41, 5.74) is 6.21. The van der Waals surface area contributed by atoms with Crippen LogP contribution in [0, 0.1) is 13.8 Å². The number of benzene rings is 2. The molecule has 0 bridgehead atoms. The molecule has 0 amide bonds. The highest BCUT2D eigenvalue weighted by Crippen LogP contribution is 2.31. The number of rotatable bonds is 10. The summed E-state index contributed by atoms with van der Waals surface area (Å²) in [4.78, 5) is 15.4. The smallest absolute Gasteiger partial charge is 0.303 e. The predicted octanol–water partition coefficient (Wildman–Crippen LogP) is 5.78. The standard InChI is InChI=1S/C25H26INO4/c1-17-14-21(30-13-12-26)15-18(2)25(17)22-4-3-5-23(27-22)31-16-20-8-6-19(7-9-20)10-11-24(28)29/h3-9,14-15H,10-13,16H2,1-2H3,(H,28,29). The Morgan fingerprint density at radius 3 is 2.32 bits per heavy atom. The number of pyridine rings is 1. The summed E-state index contributed by atoms with van der Waals surface area (Å²) in [5, 5.41) is 8.79. The molecule has 1 aromatic heterocycles. The lowest BCUT2D eigenvalue weighted by molar-refractivity contribution is -0.136. The Hall–Kier alpha value is -2.61. The van der Waals surface area contributed by atoms with E-state index in [0.717, 1.165) is 43.7 Å². The molecule has 3 aromatic rings. The molecule has 0 fully saturated rings. The number of carboxylic acids is 1. The predicted molar refractivity (Wildman–Crippen MR) is 130 cm³/mol. The van der Waals surface area contributed by atoms with E-state index in [1.807, 2.05) is 42.5 Å². The summed E-state index contributed by atoms with van der Waals surface area (Å²) >= 11 is 2.30. The van der Waals surface area contributed by atoms with Gasteiger partial charge in [0.05, 0.1) is 12.3 Å². The minimum Gasteiger partial charge on any atom is -0.493 e. The third kappa shape index (κ3) is 6.69. The second kappa shape index (κ2) is 11.1. The van der Waals surface area contributed by atoms with E-state index in [-0.39, 0.29) is 6.42 Å². The van der Waals surface area contributed by atoms with Crippen LogP contribution in [0.2, 0.25) is 0 Å². The number of carboxylic acid groups (broad SMARTS) is 1. The van der Waals surface area contributed by atoms with E-state index in [9.17, 15) is 4.79 Å². The number of halogens is 1. The molecule has 6 heteroatoms. The van der Waals surface area contributed by atoms with E-state index in [4.69, 9.17) is 19.6 Å². The maximum Gasteiger partial charge on any atom is 0.303 e. The summed E-state index contributed by atoms with van der Waals surface area (Å²) in [6.45, 7) is 5.23. The van der Waals surface area contributed by atoms with Crippen LogP contribution >= 0.6 is 22.6 Å². The van der Waals surface area contributed by atoms with Gasteiger partial charge in [-0.3, -0.25) is 4.79 Å². The van der Waals surface area contributed by atoms with Crippen molar-refractivity contribution in [3.05, 3.63) is 76.9 Å². The van der Waals surface area contributed by atoms with E-state index in [1.54, 1.807) is 0 Å². The molecule has 0 aliphatic carbocycles. The lowest BCUT2D eigenvalue weighted by Crippen LogP contribution is -2.01. The van der Waals surface area contributed by atoms with Crippen molar-refractivity contribution in [2.24, 2.45) is 0 Å². The molecule has 3 rings (SSSR count). The second-order valence-electron chi connectivity index (χ2n) is 7.33. The van der Waals surface area contributed by atoms with Crippen molar-refractivity contribution < 1.29 is 19.4 Å². The topological polar surface area (TPSA) is 68.7 Å². The maximum atomic E-state index is 10.7. The number of ether oxygens (including phenoxy) is 2. The van der Waals surface area contributed by atoms with Crippen LogP contribution in [0.4, 0.5) is 0 Å². The second-order valence-corrected chi connectivity index (χ2v) is 8.41. The van der Waals surface area contributed by atoms with Gasteiger partial charge in [0.15, 0.2) is 0 Å². The van der Waals surface area contributed by atoms with Gasteiger partial charge in [-0.05, 0) is 60.7 Å². The van der Waals surface area contributed by atoms with Crippen LogP contribution < -0.4 is 9.47 Å². The Labute approximate surface area is 196 Å². The van der Waals surface area contributed by atoms with Crippen LogP contribution in [0.15, 0.2) is 54.6 Å². The zero-order chi connectivity index (χ0) is 22.2. The largest absolute Gasteiger partial charge is 0.493 e. The van der Waals surface area contributed by atoms with Gasteiger partial charge < -0.3 is 14.6 Å². The number of aromatic nitrogens is 1. The molecule has 1 heterocycles. The van der Waals surface area contributed by atoms with Crippen LogP contribution in [0.25, 0.3) is 11.3 Å². The zero-order valence-corrected chi connectivity index (χ0v) is 19.9. The Bertz CT molecular complexity index is 1010. The normalized spacial score (nSPS) is 10.7. The number of aryl methyl sites for hydroxylation is 3. The van der Waals surface area contributed by atoms with Gasteiger partial charge in [-0.15, -0.1) is 0 Å². The first-order valence-corrected chi connectivity index (χ1v) is 11.7. The monoisotopic (exact) mass is 531 g/mol. The van der Waals surface area contributed by atoms with Crippen LogP contribution in [0.5, 0.6) is 11.6 Å². The molecule has 162 valence electrons. The SMILES string of the molecule is Cc1cc(OCCI)cc(C)c1-c1cccc(OCc2ccc(CCC(=O)O)cc2)n1. The molecule has 0 spiro atoms. The zero-order valence-electron chi connectivity index (χ0n) is 17.7. The van der Waals surface area contributed by atoms with Gasteiger partial charge in [0.2, 0.25) is 5.88 Å². The molecule has 0 saturated carbocycles. The molecule has 0 aliphatic rings. The first-order chi connectivity index (χ1) is 15.0. The molecule has 0 aliphatic heterocycles. The third-order valence-electron chi connectivity index (χ3n) is 4.87. The van der Waals surface area contributed by atoms with Crippen molar-refractivity contribution in [3.63, 3.8) is 0 Å². The number of alkyl halides is 1. The van der Waals surface area contributed by atoms with Crippen molar-refractivity contribution in [2.75, 3.05) is 11.0 Å². The Balaban J connectivity index is 1.69. The fourth-order valence-corrected chi connectivity index (χ4v) is 3.63. The average molecular weight is 531 g/mol. The summed E-state index contributed by atoms with van der Waals surface area (Å²) in [6.07, 6.45) is 0.664. The quantitative estimate of drug-likeness (QED) is 0.266. The molecular weight excluding hydrogens is 505 g/mol. The Kier molecular flexibility index (Phi) is 8.28. The van der Waals surface area contributed by atoms with Crippen molar-refractivity contribution in [2.45, 2.75) is 33.3 Å². The van der Waals surface area contributed by atoms with Gasteiger partial charge in [-0.25, -0.2) is 4.98 Å². The first-order valence-electron chi connectivity index (χ1n) is 10.2.